The molecule has 0 saturated carbocycles. The van der Waals surface area contributed by atoms with Crippen molar-refractivity contribution in [3.05, 3.63) is 46.7 Å². The van der Waals surface area contributed by atoms with E-state index in [1.54, 1.807) is 4.90 Å². The van der Waals surface area contributed by atoms with Gasteiger partial charge in [0.05, 0.1) is 6.04 Å². The van der Waals surface area contributed by atoms with Crippen LogP contribution in [0.4, 0.5) is 4.79 Å². The van der Waals surface area contributed by atoms with Crippen LogP contribution in [0.3, 0.4) is 0 Å². The number of esters is 1. The number of primary amides is 1. The molecule has 1 aliphatic heterocycles. The Morgan fingerprint density at radius 2 is 2.04 bits per heavy atom. The van der Waals surface area contributed by atoms with Gasteiger partial charge in [-0.25, -0.2) is 9.59 Å². The van der Waals surface area contributed by atoms with Crippen molar-refractivity contribution in [3.8, 4) is 11.1 Å². The molecule has 0 radical (unpaired) electrons. The third kappa shape index (κ3) is 3.37. The van der Waals surface area contributed by atoms with Gasteiger partial charge in [0.25, 0.3) is 0 Å². The molecular weight excluding hydrogens is 312 g/mol. The first-order valence-corrected chi connectivity index (χ1v) is 8.41. The molecule has 0 unspecified atom stereocenters. The summed E-state index contributed by atoms with van der Waals surface area (Å²) in [7, 11) is 0. The van der Waals surface area contributed by atoms with E-state index in [4.69, 9.17) is 10.5 Å². The van der Waals surface area contributed by atoms with E-state index < -0.39 is 6.03 Å². The molecule has 5 nitrogen and oxygen atoms in total. The first-order valence-electron chi connectivity index (χ1n) is 7.53. The minimum atomic E-state index is -0.454. The molecule has 2 amide bonds. The van der Waals surface area contributed by atoms with Crippen LogP contribution in [-0.4, -0.2) is 36.1 Å². The number of hydrogen-bond donors (Lipinski definition) is 1. The molecule has 1 atom stereocenters. The van der Waals surface area contributed by atoms with E-state index in [9.17, 15) is 9.59 Å². The monoisotopic (exact) mass is 330 g/mol. The van der Waals surface area contributed by atoms with Gasteiger partial charge in [0.1, 0.15) is 11.5 Å². The zero-order valence-electron chi connectivity index (χ0n) is 12.6. The van der Waals surface area contributed by atoms with Gasteiger partial charge in [0.2, 0.25) is 0 Å². The molecule has 23 heavy (non-hydrogen) atoms. The van der Waals surface area contributed by atoms with Gasteiger partial charge in [-0.15, -0.1) is 11.3 Å². The van der Waals surface area contributed by atoms with E-state index in [0.29, 0.717) is 11.4 Å². The molecule has 120 valence electrons. The Morgan fingerprint density at radius 3 is 2.78 bits per heavy atom. The number of carbonyl (C=O) groups excluding carboxylic acids is 2. The summed E-state index contributed by atoms with van der Waals surface area (Å²) in [5.74, 6) is -0.352. The van der Waals surface area contributed by atoms with Crippen molar-refractivity contribution in [2.24, 2.45) is 5.73 Å². The minimum absolute atomic E-state index is 0.114. The lowest BCUT2D eigenvalue weighted by atomic mass is 10.1. The molecule has 0 aliphatic carbocycles. The standard InChI is InChI=1S/C17H18N2O3S/c18-17(21)19-9-4-7-13(19)11-22-16(20)15-14(8-10-23-15)12-5-2-1-3-6-12/h1-3,5-6,8,10,13H,4,7,9,11H2,(H2,18,21)/t13-/m0/s1. The predicted octanol–water partition coefficient (Wildman–Crippen LogP) is 3.12. The van der Waals surface area contributed by atoms with Gasteiger partial charge in [-0.3, -0.25) is 0 Å². The van der Waals surface area contributed by atoms with Crippen molar-refractivity contribution < 1.29 is 14.3 Å². The maximum Gasteiger partial charge on any atom is 0.349 e. The largest absolute Gasteiger partial charge is 0.459 e. The highest BCUT2D eigenvalue weighted by Gasteiger charge is 2.28. The molecule has 0 spiro atoms. The highest BCUT2D eigenvalue weighted by Crippen LogP contribution is 2.29. The van der Waals surface area contributed by atoms with Crippen LogP contribution in [-0.2, 0) is 4.74 Å². The molecule has 2 aromatic rings. The Balaban J connectivity index is 1.68. The third-order valence-corrected chi connectivity index (χ3v) is 4.90. The number of benzene rings is 1. The number of carbonyl (C=O) groups is 2. The van der Waals surface area contributed by atoms with Crippen LogP contribution >= 0.6 is 11.3 Å². The van der Waals surface area contributed by atoms with Crippen molar-refractivity contribution in [1.82, 2.24) is 4.90 Å². The molecule has 1 aromatic heterocycles. The Kier molecular flexibility index (Phi) is 4.62. The van der Waals surface area contributed by atoms with E-state index in [1.807, 2.05) is 41.8 Å². The number of nitrogens with zero attached hydrogens (tertiary/aromatic N) is 1. The third-order valence-electron chi connectivity index (χ3n) is 4.00. The number of nitrogens with two attached hydrogens (primary N) is 1. The van der Waals surface area contributed by atoms with Crippen LogP contribution in [0.5, 0.6) is 0 Å². The van der Waals surface area contributed by atoms with Gasteiger partial charge in [-0.1, -0.05) is 30.3 Å². The first-order chi connectivity index (χ1) is 11.2. The van der Waals surface area contributed by atoms with Crippen LogP contribution in [0.2, 0.25) is 0 Å². The summed E-state index contributed by atoms with van der Waals surface area (Å²) in [6.07, 6.45) is 1.70. The Labute approximate surface area is 138 Å². The fourth-order valence-electron chi connectivity index (χ4n) is 2.85. The number of rotatable bonds is 4. The quantitative estimate of drug-likeness (QED) is 0.876. The van der Waals surface area contributed by atoms with Crippen LogP contribution in [0, 0.1) is 0 Å². The van der Waals surface area contributed by atoms with Crippen LogP contribution in [0.25, 0.3) is 11.1 Å². The summed E-state index contributed by atoms with van der Waals surface area (Å²) in [6, 6.07) is 11.1. The lowest BCUT2D eigenvalue weighted by Crippen LogP contribution is -2.41. The van der Waals surface area contributed by atoms with E-state index in [0.717, 1.165) is 24.0 Å². The van der Waals surface area contributed by atoms with Crippen LogP contribution < -0.4 is 5.73 Å². The van der Waals surface area contributed by atoms with E-state index in [2.05, 4.69) is 0 Å². The van der Waals surface area contributed by atoms with Crippen LogP contribution in [0.15, 0.2) is 41.8 Å². The number of likely N-dealkylation sites (tertiary alicyclic amines) is 1. The average molecular weight is 330 g/mol. The number of ether oxygens (including phenoxy) is 1. The van der Waals surface area contributed by atoms with Gasteiger partial charge in [0, 0.05) is 12.1 Å². The van der Waals surface area contributed by atoms with E-state index >= 15 is 0 Å². The summed E-state index contributed by atoms with van der Waals surface area (Å²) in [5.41, 5.74) is 7.20. The normalized spacial score (nSPS) is 17.2. The Bertz CT molecular complexity index is 699. The maximum atomic E-state index is 12.4. The Hall–Kier alpha value is -2.34. The molecule has 1 fully saturated rings. The smallest absolute Gasteiger partial charge is 0.349 e. The van der Waals surface area contributed by atoms with Crippen LogP contribution in [0.1, 0.15) is 22.5 Å². The topological polar surface area (TPSA) is 72.6 Å². The van der Waals surface area contributed by atoms with Crippen molar-refractivity contribution in [2.75, 3.05) is 13.2 Å². The SMILES string of the molecule is NC(=O)N1CCC[C@H]1COC(=O)c1sccc1-c1ccccc1. The molecule has 0 bridgehead atoms. The second-order valence-corrected chi connectivity index (χ2v) is 6.37. The molecule has 6 heteroatoms. The number of urea groups is 1. The average Bonchev–Trinajstić information content (AvgIpc) is 3.22. The molecule has 1 saturated heterocycles. The van der Waals surface area contributed by atoms with Gasteiger partial charge in [-0.2, -0.15) is 0 Å². The summed E-state index contributed by atoms with van der Waals surface area (Å²) in [5, 5.41) is 1.88. The Morgan fingerprint density at radius 1 is 1.26 bits per heavy atom. The van der Waals surface area contributed by atoms with Gasteiger partial charge >= 0.3 is 12.0 Å². The first kappa shape index (κ1) is 15.6. The summed E-state index contributed by atoms with van der Waals surface area (Å²) in [6.45, 7) is 0.819. The maximum absolute atomic E-state index is 12.4. The summed E-state index contributed by atoms with van der Waals surface area (Å²) < 4.78 is 5.43. The molecule has 3 rings (SSSR count). The highest BCUT2D eigenvalue weighted by atomic mass is 32.1. The lowest BCUT2D eigenvalue weighted by Gasteiger charge is -2.22. The molecule has 2 heterocycles. The zero-order valence-corrected chi connectivity index (χ0v) is 13.4. The van der Waals surface area contributed by atoms with Crippen molar-refractivity contribution in [2.45, 2.75) is 18.9 Å². The lowest BCUT2D eigenvalue weighted by molar-refractivity contribution is 0.0428. The van der Waals surface area contributed by atoms with E-state index in [-0.39, 0.29) is 18.6 Å². The van der Waals surface area contributed by atoms with Crippen molar-refractivity contribution in [1.29, 1.82) is 0 Å². The van der Waals surface area contributed by atoms with Crippen molar-refractivity contribution in [3.63, 3.8) is 0 Å². The highest BCUT2D eigenvalue weighted by molar-refractivity contribution is 7.12. The van der Waals surface area contributed by atoms with Gasteiger partial charge < -0.3 is 15.4 Å². The van der Waals surface area contributed by atoms with Gasteiger partial charge in [0.15, 0.2) is 0 Å². The molecule has 2 N–H and O–H groups in total. The number of thiophene rings is 1. The van der Waals surface area contributed by atoms with Gasteiger partial charge in [-0.05, 0) is 29.9 Å². The van der Waals surface area contributed by atoms with E-state index in [1.165, 1.54) is 11.3 Å². The molecule has 1 aromatic carbocycles. The number of amides is 2. The second-order valence-electron chi connectivity index (χ2n) is 5.46. The summed E-state index contributed by atoms with van der Waals surface area (Å²) in [4.78, 5) is 25.9. The predicted molar refractivity (Wildman–Crippen MR) is 89.3 cm³/mol. The minimum Gasteiger partial charge on any atom is -0.459 e. The van der Waals surface area contributed by atoms with Crippen molar-refractivity contribution >= 4 is 23.3 Å². The molecule has 1 aliphatic rings. The molecular formula is C17H18N2O3S. The fraction of sp³-hybridized carbons (Fsp3) is 0.294. The fourth-order valence-corrected chi connectivity index (χ4v) is 3.66. The second kappa shape index (κ2) is 6.83. The number of hydrogen-bond acceptors (Lipinski definition) is 4. The zero-order chi connectivity index (χ0) is 16.2. The summed E-state index contributed by atoms with van der Waals surface area (Å²) >= 11 is 1.36.